The van der Waals surface area contributed by atoms with Gasteiger partial charge in [0.05, 0.1) is 5.56 Å². The number of benzene rings is 1. The monoisotopic (exact) mass is 362 g/mol. The Morgan fingerprint density at radius 2 is 2.00 bits per heavy atom. The van der Waals surface area contributed by atoms with Gasteiger partial charge in [-0.2, -0.15) is 0 Å². The molecule has 2 rings (SSSR count). The molecule has 1 aromatic rings. The van der Waals surface area contributed by atoms with Crippen LogP contribution in [0.3, 0.4) is 0 Å². The average molecular weight is 362 g/mol. The summed E-state index contributed by atoms with van der Waals surface area (Å²) < 4.78 is 5.60. The lowest BCUT2D eigenvalue weighted by molar-refractivity contribution is 0.0951. The van der Waals surface area contributed by atoms with Gasteiger partial charge in [-0.3, -0.25) is 9.79 Å². The summed E-state index contributed by atoms with van der Waals surface area (Å²) in [5, 5.41) is 18.8. The fraction of sp³-hybridized carbons (Fsp3) is 0.579. The number of para-hydroxylation sites is 1. The minimum absolute atomic E-state index is 0.0169. The normalized spacial score (nSPS) is 14.1. The van der Waals surface area contributed by atoms with Gasteiger partial charge in [-0.05, 0) is 44.2 Å². The Balaban J connectivity index is 1.61. The van der Waals surface area contributed by atoms with Crippen molar-refractivity contribution in [1.29, 1.82) is 0 Å². The molecule has 1 saturated carbocycles. The van der Waals surface area contributed by atoms with Crippen LogP contribution in [0.1, 0.15) is 36.5 Å². The Kier molecular flexibility index (Phi) is 8.75. The topological polar surface area (TPSA) is 95.0 Å². The fourth-order valence-corrected chi connectivity index (χ4v) is 2.35. The maximum atomic E-state index is 12.0. The van der Waals surface area contributed by atoms with Gasteiger partial charge in [-0.15, -0.1) is 0 Å². The third-order valence-corrected chi connectivity index (χ3v) is 3.96. The van der Waals surface area contributed by atoms with Crippen molar-refractivity contribution in [3.05, 3.63) is 29.8 Å². The van der Waals surface area contributed by atoms with Crippen molar-refractivity contribution in [3.8, 4) is 5.75 Å². The van der Waals surface area contributed by atoms with Crippen LogP contribution in [-0.2, 0) is 4.74 Å². The van der Waals surface area contributed by atoms with E-state index in [1.807, 2.05) is 6.92 Å². The van der Waals surface area contributed by atoms with E-state index in [9.17, 15) is 9.90 Å². The molecule has 0 atom stereocenters. The van der Waals surface area contributed by atoms with Crippen molar-refractivity contribution < 1.29 is 14.6 Å². The number of aromatic hydroxyl groups is 1. The number of phenolic OH excluding ortho intramolecular Hbond substituents is 1. The Morgan fingerprint density at radius 3 is 2.73 bits per heavy atom. The van der Waals surface area contributed by atoms with Crippen molar-refractivity contribution in [2.45, 2.75) is 26.2 Å². The highest BCUT2D eigenvalue weighted by Crippen LogP contribution is 2.28. The van der Waals surface area contributed by atoms with E-state index >= 15 is 0 Å². The van der Waals surface area contributed by atoms with E-state index in [0.29, 0.717) is 19.6 Å². The van der Waals surface area contributed by atoms with Crippen molar-refractivity contribution in [3.63, 3.8) is 0 Å². The molecule has 0 radical (unpaired) electrons. The molecule has 1 aliphatic rings. The molecule has 0 saturated heterocycles. The van der Waals surface area contributed by atoms with Crippen LogP contribution in [0.25, 0.3) is 0 Å². The molecule has 7 nitrogen and oxygen atoms in total. The molecule has 1 amide bonds. The van der Waals surface area contributed by atoms with E-state index in [1.165, 1.54) is 18.9 Å². The number of ether oxygens (including phenoxy) is 1. The fourth-order valence-electron chi connectivity index (χ4n) is 2.35. The number of nitrogens with zero attached hydrogens (tertiary/aromatic N) is 1. The van der Waals surface area contributed by atoms with E-state index < -0.39 is 0 Å². The van der Waals surface area contributed by atoms with Crippen LogP contribution in [0.15, 0.2) is 29.3 Å². The van der Waals surface area contributed by atoms with Crippen molar-refractivity contribution in [1.82, 2.24) is 16.0 Å². The van der Waals surface area contributed by atoms with Crippen LogP contribution in [0.2, 0.25) is 0 Å². The molecule has 0 bridgehead atoms. The summed E-state index contributed by atoms with van der Waals surface area (Å²) in [7, 11) is 0. The second-order valence-electron chi connectivity index (χ2n) is 6.33. The first-order chi connectivity index (χ1) is 12.7. The lowest BCUT2D eigenvalue weighted by Crippen LogP contribution is -2.41. The predicted octanol–water partition coefficient (Wildman–Crippen LogP) is 1.49. The first-order valence-electron chi connectivity index (χ1n) is 9.36. The number of phenols is 1. The van der Waals surface area contributed by atoms with Gasteiger partial charge in [0.25, 0.3) is 5.91 Å². The second-order valence-corrected chi connectivity index (χ2v) is 6.33. The summed E-state index contributed by atoms with van der Waals surface area (Å²) in [4.78, 5) is 16.5. The van der Waals surface area contributed by atoms with Gasteiger partial charge >= 0.3 is 0 Å². The van der Waals surface area contributed by atoms with Crippen LogP contribution < -0.4 is 16.0 Å². The van der Waals surface area contributed by atoms with Gasteiger partial charge in [0.1, 0.15) is 5.75 Å². The molecule has 144 valence electrons. The smallest absolute Gasteiger partial charge is 0.255 e. The maximum absolute atomic E-state index is 12.0. The highest BCUT2D eigenvalue weighted by Gasteiger charge is 2.20. The number of hydrogen-bond acceptors (Lipinski definition) is 4. The molecule has 0 heterocycles. The standard InChI is InChI=1S/C19H30N4O3/c1-2-20-19(22-10-5-13-26-14-15-8-9-15)23-12-11-21-18(25)16-6-3-4-7-17(16)24/h3-4,6-7,15,24H,2,5,8-14H2,1H3,(H,21,25)(H2,20,22,23). The van der Waals surface area contributed by atoms with E-state index in [4.69, 9.17) is 4.74 Å². The zero-order chi connectivity index (χ0) is 18.6. The molecule has 4 N–H and O–H groups in total. The van der Waals surface area contributed by atoms with Crippen LogP contribution in [0.4, 0.5) is 0 Å². The second kappa shape index (κ2) is 11.4. The molecule has 1 fully saturated rings. The number of guanidine groups is 1. The molecular weight excluding hydrogens is 332 g/mol. The molecular formula is C19H30N4O3. The highest BCUT2D eigenvalue weighted by atomic mass is 16.5. The summed E-state index contributed by atoms with van der Waals surface area (Å²) in [6.07, 6.45) is 3.52. The Labute approximate surface area is 155 Å². The molecule has 0 spiro atoms. The van der Waals surface area contributed by atoms with Gasteiger partial charge in [-0.1, -0.05) is 12.1 Å². The minimum atomic E-state index is -0.292. The Hall–Kier alpha value is -2.28. The van der Waals surface area contributed by atoms with Gasteiger partial charge in [0.2, 0.25) is 0 Å². The Morgan fingerprint density at radius 1 is 1.23 bits per heavy atom. The molecule has 1 aromatic carbocycles. The largest absolute Gasteiger partial charge is 0.507 e. The zero-order valence-corrected chi connectivity index (χ0v) is 15.5. The highest BCUT2D eigenvalue weighted by molar-refractivity contribution is 5.96. The number of nitrogens with one attached hydrogen (secondary N) is 3. The number of rotatable bonds is 11. The van der Waals surface area contributed by atoms with Crippen LogP contribution >= 0.6 is 0 Å². The number of amides is 1. The summed E-state index contributed by atoms with van der Waals surface area (Å²) in [6.45, 7) is 6.09. The predicted molar refractivity (Wildman–Crippen MR) is 103 cm³/mol. The van der Waals surface area contributed by atoms with Gasteiger partial charge < -0.3 is 25.8 Å². The summed E-state index contributed by atoms with van der Waals surface area (Å²) in [5.74, 6) is 1.22. The van der Waals surface area contributed by atoms with Gasteiger partial charge in [-0.25, -0.2) is 0 Å². The zero-order valence-electron chi connectivity index (χ0n) is 15.5. The summed E-state index contributed by atoms with van der Waals surface area (Å²) in [5.41, 5.74) is 0.277. The summed E-state index contributed by atoms with van der Waals surface area (Å²) >= 11 is 0. The van der Waals surface area contributed by atoms with E-state index in [-0.39, 0.29) is 17.2 Å². The molecule has 0 aliphatic heterocycles. The number of aliphatic imine (C=N–C) groups is 1. The quantitative estimate of drug-likeness (QED) is 0.272. The Bertz CT molecular complexity index is 588. The SMILES string of the molecule is CCNC(=NCCCOCC1CC1)NCCNC(=O)c1ccccc1O. The van der Waals surface area contributed by atoms with E-state index in [1.54, 1.807) is 18.2 Å². The van der Waals surface area contributed by atoms with Crippen LogP contribution in [0.5, 0.6) is 5.75 Å². The van der Waals surface area contributed by atoms with Gasteiger partial charge in [0.15, 0.2) is 5.96 Å². The van der Waals surface area contributed by atoms with E-state index in [0.717, 1.165) is 38.1 Å². The van der Waals surface area contributed by atoms with Gasteiger partial charge in [0, 0.05) is 39.4 Å². The van der Waals surface area contributed by atoms with Crippen molar-refractivity contribution >= 4 is 11.9 Å². The van der Waals surface area contributed by atoms with Crippen molar-refractivity contribution in [2.75, 3.05) is 39.4 Å². The maximum Gasteiger partial charge on any atom is 0.255 e. The third kappa shape index (κ3) is 7.74. The number of hydrogen-bond donors (Lipinski definition) is 4. The minimum Gasteiger partial charge on any atom is -0.507 e. The number of carbonyl (C=O) groups excluding carboxylic acids is 1. The van der Waals surface area contributed by atoms with Crippen LogP contribution in [0, 0.1) is 5.92 Å². The first kappa shape index (κ1) is 20.0. The molecule has 7 heteroatoms. The third-order valence-electron chi connectivity index (χ3n) is 3.96. The molecule has 1 aliphatic carbocycles. The first-order valence-corrected chi connectivity index (χ1v) is 9.36. The van der Waals surface area contributed by atoms with E-state index in [2.05, 4.69) is 20.9 Å². The van der Waals surface area contributed by atoms with Crippen molar-refractivity contribution in [2.24, 2.45) is 10.9 Å². The molecule has 0 aromatic heterocycles. The lowest BCUT2D eigenvalue weighted by atomic mass is 10.2. The molecule has 26 heavy (non-hydrogen) atoms. The number of carbonyl (C=O) groups is 1. The lowest BCUT2D eigenvalue weighted by Gasteiger charge is -2.12. The van der Waals surface area contributed by atoms with Crippen LogP contribution in [-0.4, -0.2) is 56.4 Å². The average Bonchev–Trinajstić information content (AvgIpc) is 3.46. The molecule has 0 unspecified atom stereocenters. The summed E-state index contributed by atoms with van der Waals surface area (Å²) in [6, 6.07) is 6.49.